The summed E-state index contributed by atoms with van der Waals surface area (Å²) >= 11 is 7.50. The molecule has 2 bridgehead atoms. The smallest absolute Gasteiger partial charge is 0.279 e. The van der Waals surface area contributed by atoms with Crippen LogP contribution in [0.25, 0.3) is 10.2 Å². The second kappa shape index (κ2) is 9.38. The minimum Gasteiger partial charge on any atom is -0.492 e. The number of rotatable bonds is 8. The fourth-order valence-corrected chi connectivity index (χ4v) is 6.84. The van der Waals surface area contributed by atoms with Crippen LogP contribution in [0.15, 0.2) is 42.5 Å². The van der Waals surface area contributed by atoms with Crippen LogP contribution in [0.4, 0.5) is 0 Å². The lowest BCUT2D eigenvalue weighted by Gasteiger charge is -2.38. The fraction of sp³-hybridized carbons (Fsp3) is 0.435. The molecule has 10 heteroatoms. The van der Waals surface area contributed by atoms with Gasteiger partial charge in [0.1, 0.15) is 18.1 Å². The molecular weight excluding hydrogens is 482 g/mol. The molecular formula is C23H26ClN3O4S2. The van der Waals surface area contributed by atoms with Crippen molar-refractivity contribution in [1.82, 2.24) is 14.6 Å². The number of piperidine rings is 1. The summed E-state index contributed by atoms with van der Waals surface area (Å²) in [4.78, 5) is 6.96. The highest BCUT2D eigenvalue weighted by Crippen LogP contribution is 2.36. The zero-order chi connectivity index (χ0) is 23.0. The van der Waals surface area contributed by atoms with Crippen molar-refractivity contribution in [3.8, 4) is 16.7 Å². The number of sulfonamides is 1. The lowest BCUT2D eigenvalue weighted by atomic mass is 9.98. The summed E-state index contributed by atoms with van der Waals surface area (Å²) in [6, 6.07) is 14.0. The lowest BCUT2D eigenvalue weighted by Crippen LogP contribution is -2.51. The van der Waals surface area contributed by atoms with Gasteiger partial charge in [0.25, 0.3) is 5.19 Å². The molecule has 5 rings (SSSR count). The van der Waals surface area contributed by atoms with E-state index in [1.165, 1.54) is 17.6 Å². The number of benzene rings is 2. The maximum Gasteiger partial charge on any atom is 0.279 e. The second-order valence-electron chi connectivity index (χ2n) is 8.69. The molecule has 0 aliphatic carbocycles. The van der Waals surface area contributed by atoms with Gasteiger partial charge in [-0.25, -0.2) is 18.1 Å². The maximum atomic E-state index is 11.6. The standard InChI is InChI=1S/C23H26ClN3O4S2/c1-33(28,29)26-16-13-17-3-4-18(14-16)27(17)10-11-30-19-5-7-20(8-6-19)31-23-25-21-9-2-15(24)12-22(21)32-23/h2,5-9,12,16-18,26H,3-4,10-11,13-14H2,1H3/t16?,17-,18+. The van der Waals surface area contributed by atoms with E-state index >= 15 is 0 Å². The summed E-state index contributed by atoms with van der Waals surface area (Å²) in [5.41, 5.74) is 0.865. The van der Waals surface area contributed by atoms with Crippen molar-refractivity contribution in [3.05, 3.63) is 47.5 Å². The van der Waals surface area contributed by atoms with E-state index in [0.29, 0.717) is 34.7 Å². The predicted molar refractivity (Wildman–Crippen MR) is 131 cm³/mol. The van der Waals surface area contributed by atoms with Gasteiger partial charge in [-0.05, 0) is 68.1 Å². The Labute approximate surface area is 202 Å². The summed E-state index contributed by atoms with van der Waals surface area (Å²) < 4.78 is 38.8. The minimum absolute atomic E-state index is 0.0506. The molecule has 2 aliphatic heterocycles. The number of hydrogen-bond donors (Lipinski definition) is 1. The molecule has 7 nitrogen and oxygen atoms in total. The molecule has 2 fully saturated rings. The number of nitrogens with one attached hydrogen (secondary N) is 1. The van der Waals surface area contributed by atoms with Crippen LogP contribution in [0.2, 0.25) is 5.02 Å². The van der Waals surface area contributed by atoms with Crippen LogP contribution in [0.1, 0.15) is 25.7 Å². The van der Waals surface area contributed by atoms with E-state index in [9.17, 15) is 8.42 Å². The van der Waals surface area contributed by atoms with Crippen molar-refractivity contribution in [1.29, 1.82) is 0 Å². The molecule has 0 spiro atoms. The number of fused-ring (bicyclic) bond motifs is 3. The Balaban J connectivity index is 1.12. The van der Waals surface area contributed by atoms with Gasteiger partial charge in [0.05, 0.1) is 16.5 Å². The SMILES string of the molecule is CS(=O)(=O)NC1C[C@H]2CC[C@@H](C1)N2CCOc1ccc(Oc2nc3ccc(Cl)cc3s2)cc1. The maximum absolute atomic E-state index is 11.6. The van der Waals surface area contributed by atoms with Crippen LogP contribution in [0.3, 0.4) is 0 Å². The number of hydrogen-bond acceptors (Lipinski definition) is 7. The largest absolute Gasteiger partial charge is 0.492 e. The number of thiazole rings is 1. The number of ether oxygens (including phenoxy) is 2. The van der Waals surface area contributed by atoms with Gasteiger partial charge in [0, 0.05) is 29.7 Å². The summed E-state index contributed by atoms with van der Waals surface area (Å²) in [5, 5.41) is 1.26. The Hall–Kier alpha value is -1.91. The molecule has 1 N–H and O–H groups in total. The van der Waals surface area contributed by atoms with E-state index < -0.39 is 10.0 Å². The average Bonchev–Trinajstić information content (AvgIpc) is 3.24. The molecule has 3 heterocycles. The van der Waals surface area contributed by atoms with E-state index in [1.807, 2.05) is 42.5 Å². The van der Waals surface area contributed by atoms with Crippen molar-refractivity contribution in [2.75, 3.05) is 19.4 Å². The van der Waals surface area contributed by atoms with Gasteiger partial charge in [0.15, 0.2) is 0 Å². The third-order valence-corrected chi connectivity index (χ3v) is 8.14. The molecule has 2 saturated heterocycles. The second-order valence-corrected chi connectivity index (χ2v) is 11.9. The van der Waals surface area contributed by atoms with Gasteiger partial charge >= 0.3 is 0 Å². The Morgan fingerprint density at radius 2 is 1.82 bits per heavy atom. The van der Waals surface area contributed by atoms with E-state index in [0.717, 1.165) is 48.2 Å². The molecule has 0 radical (unpaired) electrons. The van der Waals surface area contributed by atoms with Gasteiger partial charge < -0.3 is 9.47 Å². The van der Waals surface area contributed by atoms with Gasteiger partial charge in [0.2, 0.25) is 10.0 Å². The van der Waals surface area contributed by atoms with Crippen LogP contribution in [-0.4, -0.2) is 55.8 Å². The first kappa shape index (κ1) is 22.9. The Bertz CT molecular complexity index is 1220. The van der Waals surface area contributed by atoms with Crippen molar-refractivity contribution in [2.45, 2.75) is 43.8 Å². The van der Waals surface area contributed by atoms with Crippen molar-refractivity contribution < 1.29 is 17.9 Å². The summed E-state index contributed by atoms with van der Waals surface area (Å²) in [6.07, 6.45) is 5.22. The Morgan fingerprint density at radius 1 is 1.12 bits per heavy atom. The highest BCUT2D eigenvalue weighted by molar-refractivity contribution is 7.88. The highest BCUT2D eigenvalue weighted by Gasteiger charge is 2.41. The van der Waals surface area contributed by atoms with Crippen LogP contribution in [0, 0.1) is 0 Å². The molecule has 176 valence electrons. The van der Waals surface area contributed by atoms with Crippen molar-refractivity contribution in [2.24, 2.45) is 0 Å². The topological polar surface area (TPSA) is 80.8 Å². The normalized spacial score (nSPS) is 23.2. The van der Waals surface area contributed by atoms with Crippen LogP contribution >= 0.6 is 22.9 Å². The molecule has 3 atom stereocenters. The molecule has 2 aliphatic rings. The predicted octanol–water partition coefficient (Wildman–Crippen LogP) is 4.67. The van der Waals surface area contributed by atoms with Crippen molar-refractivity contribution in [3.63, 3.8) is 0 Å². The molecule has 0 saturated carbocycles. The van der Waals surface area contributed by atoms with Gasteiger partial charge in [-0.15, -0.1) is 0 Å². The molecule has 33 heavy (non-hydrogen) atoms. The first-order valence-corrected chi connectivity index (χ1v) is 14.1. The van der Waals surface area contributed by atoms with E-state index in [-0.39, 0.29) is 6.04 Å². The first-order valence-electron chi connectivity index (χ1n) is 11.0. The van der Waals surface area contributed by atoms with Crippen LogP contribution < -0.4 is 14.2 Å². The minimum atomic E-state index is -3.16. The quantitative estimate of drug-likeness (QED) is 0.477. The molecule has 1 unspecified atom stereocenters. The lowest BCUT2D eigenvalue weighted by molar-refractivity contribution is 0.103. The third kappa shape index (κ3) is 5.60. The summed E-state index contributed by atoms with van der Waals surface area (Å²) in [7, 11) is -3.16. The first-order chi connectivity index (χ1) is 15.8. The average molecular weight is 508 g/mol. The zero-order valence-corrected chi connectivity index (χ0v) is 20.6. The summed E-state index contributed by atoms with van der Waals surface area (Å²) in [5.74, 6) is 1.49. The van der Waals surface area contributed by atoms with E-state index in [2.05, 4.69) is 14.6 Å². The van der Waals surface area contributed by atoms with Gasteiger partial charge in [-0.3, -0.25) is 4.90 Å². The summed E-state index contributed by atoms with van der Waals surface area (Å²) in [6.45, 7) is 1.43. The molecule has 3 aromatic rings. The van der Waals surface area contributed by atoms with Crippen LogP contribution in [-0.2, 0) is 10.0 Å². The number of halogens is 1. The van der Waals surface area contributed by atoms with Gasteiger partial charge in [-0.2, -0.15) is 0 Å². The molecule has 2 aromatic carbocycles. The Morgan fingerprint density at radius 3 is 2.52 bits per heavy atom. The third-order valence-electron chi connectivity index (χ3n) is 6.24. The zero-order valence-electron chi connectivity index (χ0n) is 18.2. The highest BCUT2D eigenvalue weighted by atomic mass is 35.5. The number of nitrogens with zero attached hydrogens (tertiary/aromatic N) is 2. The monoisotopic (exact) mass is 507 g/mol. The Kier molecular flexibility index (Phi) is 6.50. The van der Waals surface area contributed by atoms with Gasteiger partial charge in [-0.1, -0.05) is 22.9 Å². The van der Waals surface area contributed by atoms with Crippen LogP contribution in [0.5, 0.6) is 16.7 Å². The molecule has 1 aromatic heterocycles. The molecule has 0 amide bonds. The fourth-order valence-electron chi connectivity index (χ4n) is 4.93. The number of aromatic nitrogens is 1. The van der Waals surface area contributed by atoms with E-state index in [1.54, 1.807) is 0 Å². The van der Waals surface area contributed by atoms with Crippen molar-refractivity contribution >= 4 is 43.2 Å². The van der Waals surface area contributed by atoms with E-state index in [4.69, 9.17) is 21.1 Å².